The van der Waals surface area contributed by atoms with Gasteiger partial charge in [0.15, 0.2) is 0 Å². The molecule has 0 spiro atoms. The molecule has 0 saturated carbocycles. The summed E-state index contributed by atoms with van der Waals surface area (Å²) in [4.78, 5) is 5.22. The van der Waals surface area contributed by atoms with Gasteiger partial charge in [-0.1, -0.05) is 63.6 Å². The number of aryl methyl sites for hydroxylation is 1. The maximum Gasteiger partial charge on any atom is 0.138 e. The van der Waals surface area contributed by atoms with E-state index in [-0.39, 0.29) is 5.41 Å². The zero-order valence-corrected chi connectivity index (χ0v) is 18.8. The van der Waals surface area contributed by atoms with Gasteiger partial charge in [-0.05, 0) is 60.2 Å². The van der Waals surface area contributed by atoms with Crippen molar-refractivity contribution >= 4 is 32.8 Å². The topological polar surface area (TPSA) is 26.0 Å². The van der Waals surface area contributed by atoms with Crippen molar-refractivity contribution in [3.05, 3.63) is 76.9 Å². The summed E-state index contributed by atoms with van der Waals surface area (Å²) >= 11 is 0. The molecule has 2 heteroatoms. The van der Waals surface area contributed by atoms with E-state index in [9.17, 15) is 0 Å². The average molecular weight is 406 g/mol. The summed E-state index contributed by atoms with van der Waals surface area (Å²) in [5.41, 5.74) is 10.3. The molecule has 0 fully saturated rings. The molecule has 0 amide bonds. The van der Waals surface area contributed by atoms with Gasteiger partial charge in [0.25, 0.3) is 0 Å². The van der Waals surface area contributed by atoms with E-state index in [1.54, 1.807) is 0 Å². The molecule has 2 heterocycles. The Kier molecular flexibility index (Phi) is 3.72. The van der Waals surface area contributed by atoms with Crippen molar-refractivity contribution in [3.63, 3.8) is 0 Å². The molecule has 0 aliphatic heterocycles. The fourth-order valence-corrected chi connectivity index (χ4v) is 5.42. The highest BCUT2D eigenvalue weighted by atomic mass is 16.3. The van der Waals surface area contributed by atoms with Crippen molar-refractivity contribution in [1.82, 2.24) is 4.98 Å². The Labute approximate surface area is 182 Å². The largest absolute Gasteiger partial charge is 0.456 e. The quantitative estimate of drug-likeness (QED) is 0.298. The fraction of sp³-hybridized carbons (Fsp3) is 0.276. The molecule has 3 aromatic carbocycles. The fourth-order valence-electron chi connectivity index (χ4n) is 5.42. The van der Waals surface area contributed by atoms with Crippen molar-refractivity contribution < 1.29 is 4.42 Å². The lowest BCUT2D eigenvalue weighted by Gasteiger charge is -2.28. The monoisotopic (exact) mass is 405 g/mol. The molecule has 0 atom stereocenters. The lowest BCUT2D eigenvalue weighted by molar-refractivity contribution is 0.618. The summed E-state index contributed by atoms with van der Waals surface area (Å²) in [6.07, 6.45) is 1.01. The number of fused-ring (bicyclic) bond motifs is 3. The third kappa shape index (κ3) is 2.54. The third-order valence-corrected chi connectivity index (χ3v) is 6.93. The summed E-state index contributed by atoms with van der Waals surface area (Å²) < 4.78 is 6.53. The predicted octanol–water partition coefficient (Wildman–Crippen LogP) is 7.95. The molecule has 0 saturated heterocycles. The van der Waals surface area contributed by atoms with Gasteiger partial charge in [-0.2, -0.15) is 0 Å². The van der Waals surface area contributed by atoms with Crippen LogP contribution in [0.5, 0.6) is 0 Å². The lowest BCUT2D eigenvalue weighted by atomic mass is 9.76. The van der Waals surface area contributed by atoms with E-state index < -0.39 is 0 Å². The van der Waals surface area contributed by atoms with Crippen LogP contribution < -0.4 is 0 Å². The van der Waals surface area contributed by atoms with Crippen LogP contribution in [0.25, 0.3) is 44.1 Å². The van der Waals surface area contributed by atoms with Gasteiger partial charge in [0.05, 0.1) is 11.2 Å². The second-order valence-corrected chi connectivity index (χ2v) is 10.1. The van der Waals surface area contributed by atoms with Crippen LogP contribution in [0, 0.1) is 12.8 Å². The van der Waals surface area contributed by atoms with E-state index >= 15 is 0 Å². The minimum atomic E-state index is -0.190. The smallest absolute Gasteiger partial charge is 0.138 e. The highest BCUT2D eigenvalue weighted by molar-refractivity contribution is 6.16. The zero-order chi connectivity index (χ0) is 21.5. The van der Waals surface area contributed by atoms with E-state index in [0.717, 1.165) is 28.8 Å². The summed E-state index contributed by atoms with van der Waals surface area (Å²) in [6, 6.07) is 19.9. The minimum absolute atomic E-state index is 0.190. The van der Waals surface area contributed by atoms with E-state index in [1.807, 2.05) is 0 Å². The third-order valence-electron chi connectivity index (χ3n) is 6.93. The van der Waals surface area contributed by atoms with E-state index in [1.165, 1.54) is 44.0 Å². The van der Waals surface area contributed by atoms with Gasteiger partial charge in [-0.3, -0.25) is 0 Å². The second-order valence-electron chi connectivity index (χ2n) is 10.1. The number of pyridine rings is 1. The number of rotatable bonds is 2. The Morgan fingerprint density at radius 3 is 2.58 bits per heavy atom. The van der Waals surface area contributed by atoms with Crippen LogP contribution in [0.15, 0.2) is 59.0 Å². The van der Waals surface area contributed by atoms with E-state index in [2.05, 4.69) is 89.2 Å². The van der Waals surface area contributed by atoms with Gasteiger partial charge in [-0.25, -0.2) is 4.98 Å². The molecule has 6 rings (SSSR count). The van der Waals surface area contributed by atoms with Crippen LogP contribution in [-0.2, 0) is 11.8 Å². The van der Waals surface area contributed by atoms with Gasteiger partial charge in [-0.15, -0.1) is 0 Å². The van der Waals surface area contributed by atoms with Crippen LogP contribution >= 0.6 is 0 Å². The van der Waals surface area contributed by atoms with Gasteiger partial charge >= 0.3 is 0 Å². The Hall–Kier alpha value is -3.13. The van der Waals surface area contributed by atoms with Gasteiger partial charge in [0, 0.05) is 27.1 Å². The Morgan fingerprint density at radius 2 is 1.77 bits per heavy atom. The summed E-state index contributed by atoms with van der Waals surface area (Å²) in [6.45, 7) is 11.3. The van der Waals surface area contributed by atoms with Crippen molar-refractivity contribution in [3.8, 4) is 11.3 Å². The molecule has 0 bridgehead atoms. The Morgan fingerprint density at radius 1 is 0.935 bits per heavy atom. The number of benzene rings is 3. The molecule has 31 heavy (non-hydrogen) atoms. The van der Waals surface area contributed by atoms with E-state index in [0.29, 0.717) is 5.92 Å². The van der Waals surface area contributed by atoms with Crippen molar-refractivity contribution in [2.24, 2.45) is 5.92 Å². The maximum absolute atomic E-state index is 6.53. The maximum atomic E-state index is 6.53. The number of hydrogen-bond acceptors (Lipinski definition) is 2. The first-order valence-corrected chi connectivity index (χ1v) is 11.2. The molecular weight excluding hydrogens is 378 g/mol. The minimum Gasteiger partial charge on any atom is -0.456 e. The number of aromatic nitrogens is 1. The van der Waals surface area contributed by atoms with Gasteiger partial charge in [0.1, 0.15) is 11.2 Å². The Bertz CT molecular complexity index is 1520. The normalized spacial score (nSPS) is 14.6. The lowest BCUT2D eigenvalue weighted by Crippen LogP contribution is -2.20. The Balaban J connectivity index is 1.81. The molecule has 0 unspecified atom stereocenters. The first-order valence-electron chi connectivity index (χ1n) is 11.2. The molecule has 2 nitrogen and oxygen atoms in total. The summed E-state index contributed by atoms with van der Waals surface area (Å²) in [5, 5.41) is 3.69. The molecule has 154 valence electrons. The van der Waals surface area contributed by atoms with Crippen LogP contribution in [0.3, 0.4) is 0 Å². The van der Waals surface area contributed by atoms with Crippen LogP contribution in [0.1, 0.15) is 49.9 Å². The molecular formula is C29H27NO. The highest BCUT2D eigenvalue weighted by Crippen LogP contribution is 2.50. The zero-order valence-electron chi connectivity index (χ0n) is 18.8. The molecule has 1 aliphatic carbocycles. The van der Waals surface area contributed by atoms with Gasteiger partial charge < -0.3 is 4.42 Å². The summed E-state index contributed by atoms with van der Waals surface area (Å²) in [5.74, 6) is 0.576. The number of nitrogens with zero attached hydrogens (tertiary/aromatic N) is 1. The first-order chi connectivity index (χ1) is 14.8. The summed E-state index contributed by atoms with van der Waals surface area (Å²) in [7, 11) is 0. The van der Waals surface area contributed by atoms with Crippen molar-refractivity contribution in [2.45, 2.75) is 46.5 Å². The van der Waals surface area contributed by atoms with E-state index in [4.69, 9.17) is 9.40 Å². The van der Waals surface area contributed by atoms with Crippen LogP contribution in [0.2, 0.25) is 0 Å². The van der Waals surface area contributed by atoms with Crippen molar-refractivity contribution in [2.75, 3.05) is 0 Å². The SMILES string of the molecule is Cc1ccc2nc3c(cc2c1)C(C)(C)c1ccc(CC(C)C)c2oc4cccc-3c4c12. The molecule has 0 N–H and O–H groups in total. The molecule has 0 radical (unpaired) electrons. The molecule has 5 aromatic rings. The average Bonchev–Trinajstić information content (AvgIpc) is 3.09. The molecule has 2 aromatic heterocycles. The standard InChI is InChI=1S/C29H27NO/c1-16(2)13-18-10-11-21-26-25-20(7-6-8-24(25)31-28(18)26)27-22(29(21,4)5)15-19-14-17(3)9-12-23(19)30-27/h6-12,14-16H,13H2,1-5H3. The van der Waals surface area contributed by atoms with Crippen LogP contribution in [0.4, 0.5) is 0 Å². The molecule has 1 aliphatic rings. The second kappa shape index (κ2) is 6.20. The van der Waals surface area contributed by atoms with Crippen LogP contribution in [-0.4, -0.2) is 4.98 Å². The first kappa shape index (κ1) is 18.6. The van der Waals surface area contributed by atoms with Crippen molar-refractivity contribution in [1.29, 1.82) is 0 Å². The number of hydrogen-bond donors (Lipinski definition) is 0. The highest BCUT2D eigenvalue weighted by Gasteiger charge is 2.35. The van der Waals surface area contributed by atoms with Gasteiger partial charge in [0.2, 0.25) is 0 Å². The number of furan rings is 1. The predicted molar refractivity (Wildman–Crippen MR) is 130 cm³/mol.